The minimum Gasteiger partial charge on any atom is -0.491 e. The van der Waals surface area contributed by atoms with Gasteiger partial charge in [-0.05, 0) is 45.9 Å². The van der Waals surface area contributed by atoms with Crippen LogP contribution in [-0.2, 0) is 14.8 Å². The van der Waals surface area contributed by atoms with Crippen LogP contribution in [0.1, 0.15) is 45.0 Å². The van der Waals surface area contributed by atoms with Crippen molar-refractivity contribution in [3.8, 4) is 5.75 Å². The molecule has 0 fully saturated rings. The third-order valence-corrected chi connectivity index (χ3v) is 7.08. The molecule has 1 aromatic rings. The van der Waals surface area contributed by atoms with Crippen molar-refractivity contribution >= 4 is 27.6 Å². The fraction of sp³-hybridized carbons (Fsp3) is 0.652. The molecule has 1 heterocycles. The predicted molar refractivity (Wildman–Crippen MR) is 132 cm³/mol. The van der Waals surface area contributed by atoms with Crippen molar-refractivity contribution in [2.75, 3.05) is 44.3 Å². The highest BCUT2D eigenvalue weighted by Gasteiger charge is 2.30. The zero-order valence-electron chi connectivity index (χ0n) is 21.1. The molecule has 192 valence electrons. The molecule has 10 nitrogen and oxygen atoms in total. The Bertz CT molecular complexity index is 968. The summed E-state index contributed by atoms with van der Waals surface area (Å²) in [5, 5.41) is 2.94. The van der Waals surface area contributed by atoms with Gasteiger partial charge in [0.25, 0.3) is 5.91 Å². The number of hydrogen-bond donors (Lipinski definition) is 2. The highest BCUT2D eigenvalue weighted by molar-refractivity contribution is 7.92. The van der Waals surface area contributed by atoms with Crippen LogP contribution in [0.15, 0.2) is 18.2 Å². The van der Waals surface area contributed by atoms with Crippen LogP contribution in [0.25, 0.3) is 0 Å². The summed E-state index contributed by atoms with van der Waals surface area (Å²) in [6.07, 6.45) is -0.318. The Morgan fingerprint density at radius 1 is 1.26 bits per heavy atom. The number of ether oxygens (including phenoxy) is 2. The van der Waals surface area contributed by atoms with E-state index < -0.39 is 10.0 Å². The summed E-state index contributed by atoms with van der Waals surface area (Å²) in [7, 11) is -0.269. The first-order chi connectivity index (χ1) is 15.9. The molecule has 0 aliphatic carbocycles. The lowest BCUT2D eigenvalue weighted by Crippen LogP contribution is -2.52. The summed E-state index contributed by atoms with van der Waals surface area (Å²) < 4.78 is 38.2. The van der Waals surface area contributed by atoms with Crippen molar-refractivity contribution in [2.24, 2.45) is 5.92 Å². The van der Waals surface area contributed by atoms with Gasteiger partial charge in [0.2, 0.25) is 10.0 Å². The zero-order valence-corrected chi connectivity index (χ0v) is 21.9. The summed E-state index contributed by atoms with van der Waals surface area (Å²) in [4.78, 5) is 29.5. The highest BCUT2D eigenvalue weighted by Crippen LogP contribution is 2.27. The monoisotopic (exact) mass is 498 g/mol. The summed E-state index contributed by atoms with van der Waals surface area (Å²) in [6, 6.07) is 4.09. The van der Waals surface area contributed by atoms with Crippen LogP contribution in [0.3, 0.4) is 0 Å². The second kappa shape index (κ2) is 11.7. The first kappa shape index (κ1) is 27.7. The number of methoxy groups -OCH3 is 1. The molecule has 3 atom stereocenters. The van der Waals surface area contributed by atoms with E-state index in [2.05, 4.69) is 10.0 Å². The van der Waals surface area contributed by atoms with Crippen molar-refractivity contribution in [1.29, 1.82) is 0 Å². The molecule has 1 aromatic carbocycles. The third kappa shape index (κ3) is 7.23. The molecule has 3 amide bonds. The molecule has 0 bridgehead atoms. The van der Waals surface area contributed by atoms with E-state index in [4.69, 9.17) is 9.47 Å². The number of carbonyl (C=O) groups is 2. The smallest absolute Gasteiger partial charge is 0.317 e. The van der Waals surface area contributed by atoms with Gasteiger partial charge in [0.05, 0.1) is 23.5 Å². The molecule has 0 saturated heterocycles. The second-order valence-corrected chi connectivity index (χ2v) is 11.1. The summed E-state index contributed by atoms with van der Waals surface area (Å²) in [5.41, 5.74) is 0.507. The summed E-state index contributed by atoms with van der Waals surface area (Å²) in [6.45, 7) is 10.1. The molecule has 0 spiro atoms. The number of hydrogen-bond acceptors (Lipinski definition) is 6. The fourth-order valence-corrected chi connectivity index (χ4v) is 4.33. The van der Waals surface area contributed by atoms with Crippen molar-refractivity contribution in [3.63, 3.8) is 0 Å². The van der Waals surface area contributed by atoms with Crippen LogP contribution < -0.4 is 14.8 Å². The minimum absolute atomic E-state index is 0.0228. The van der Waals surface area contributed by atoms with E-state index in [0.29, 0.717) is 12.3 Å². The van der Waals surface area contributed by atoms with Crippen molar-refractivity contribution < 1.29 is 27.5 Å². The van der Waals surface area contributed by atoms with Gasteiger partial charge in [-0.25, -0.2) is 13.2 Å². The summed E-state index contributed by atoms with van der Waals surface area (Å²) in [5.74, 6) is -0.158. The Labute approximate surface area is 203 Å². The van der Waals surface area contributed by atoms with Crippen molar-refractivity contribution in [3.05, 3.63) is 23.8 Å². The number of urea groups is 1. The molecule has 0 radical (unpaired) electrons. The van der Waals surface area contributed by atoms with Crippen LogP contribution in [0.2, 0.25) is 0 Å². The van der Waals surface area contributed by atoms with Crippen LogP contribution >= 0.6 is 0 Å². The van der Waals surface area contributed by atoms with Gasteiger partial charge in [-0.15, -0.1) is 0 Å². The zero-order chi connectivity index (χ0) is 25.6. The van der Waals surface area contributed by atoms with Crippen LogP contribution in [0, 0.1) is 5.92 Å². The van der Waals surface area contributed by atoms with E-state index in [0.717, 1.165) is 0 Å². The molecule has 1 aliphatic rings. The molecular formula is C23H38N4O6S. The van der Waals surface area contributed by atoms with E-state index >= 15 is 0 Å². The van der Waals surface area contributed by atoms with Gasteiger partial charge in [-0.2, -0.15) is 0 Å². The Kier molecular flexibility index (Phi) is 9.57. The quantitative estimate of drug-likeness (QED) is 0.644. The van der Waals surface area contributed by atoms with Gasteiger partial charge in [0.15, 0.2) is 0 Å². The first-order valence-corrected chi connectivity index (χ1v) is 13.2. The molecule has 0 aromatic heterocycles. The number of fused-ring (bicyclic) bond motifs is 1. The van der Waals surface area contributed by atoms with E-state index in [-0.39, 0.29) is 66.2 Å². The maximum absolute atomic E-state index is 13.3. The SMILES string of the molecule is CCS(=O)(=O)Nc1ccc2c(c1)C(=O)N(C)C[C@H](OC)[C@H](C)CN(C(=O)NC(C)C)[C@@H](C)CO2. The lowest BCUT2D eigenvalue weighted by molar-refractivity contribution is 0.0165. The molecule has 34 heavy (non-hydrogen) atoms. The maximum atomic E-state index is 13.3. The number of anilines is 1. The fourth-order valence-electron chi connectivity index (χ4n) is 3.70. The first-order valence-electron chi connectivity index (χ1n) is 11.5. The van der Waals surface area contributed by atoms with Crippen LogP contribution in [0.4, 0.5) is 10.5 Å². The van der Waals surface area contributed by atoms with Crippen LogP contribution in [-0.4, -0.2) is 88.0 Å². The Balaban J connectivity index is 2.47. The Morgan fingerprint density at radius 2 is 1.94 bits per heavy atom. The predicted octanol–water partition coefficient (Wildman–Crippen LogP) is 2.37. The number of nitrogens with zero attached hydrogens (tertiary/aromatic N) is 2. The molecule has 1 aliphatic heterocycles. The topological polar surface area (TPSA) is 117 Å². The molecule has 2 N–H and O–H groups in total. The van der Waals surface area contributed by atoms with E-state index in [1.807, 2.05) is 27.7 Å². The van der Waals surface area contributed by atoms with Crippen molar-refractivity contribution in [1.82, 2.24) is 15.1 Å². The minimum atomic E-state index is -3.51. The third-order valence-electron chi connectivity index (χ3n) is 5.77. The standard InChI is InChI=1S/C23H38N4O6S/c1-8-34(30,31)25-18-9-10-20-19(11-18)22(28)26(6)13-21(32-7)16(4)12-27(17(5)14-33-20)23(29)24-15(2)3/h9-11,15-17,21,25H,8,12-14H2,1-7H3,(H,24,29)/t16-,17+,21+/m1/s1. The number of amides is 3. The number of nitrogens with one attached hydrogen (secondary N) is 2. The van der Waals surface area contributed by atoms with Gasteiger partial charge in [-0.1, -0.05) is 6.92 Å². The van der Waals surface area contributed by atoms with Gasteiger partial charge in [0.1, 0.15) is 12.4 Å². The number of rotatable bonds is 5. The van der Waals surface area contributed by atoms with Gasteiger partial charge in [0, 0.05) is 44.9 Å². The number of sulfonamides is 1. The van der Waals surface area contributed by atoms with Gasteiger partial charge in [-0.3, -0.25) is 9.52 Å². The molecule has 0 unspecified atom stereocenters. The van der Waals surface area contributed by atoms with E-state index in [1.165, 1.54) is 17.9 Å². The maximum Gasteiger partial charge on any atom is 0.317 e. The molecule has 11 heteroatoms. The van der Waals surface area contributed by atoms with Gasteiger partial charge < -0.3 is 24.6 Å². The highest BCUT2D eigenvalue weighted by atomic mass is 32.2. The number of likely N-dealkylation sites (N-methyl/N-ethyl adjacent to an activating group) is 1. The Morgan fingerprint density at radius 3 is 2.53 bits per heavy atom. The largest absolute Gasteiger partial charge is 0.491 e. The normalized spacial score (nSPS) is 22.4. The number of benzene rings is 1. The average Bonchev–Trinajstić information content (AvgIpc) is 2.77. The number of carbonyl (C=O) groups excluding carboxylic acids is 2. The average molecular weight is 499 g/mol. The molecule has 0 saturated carbocycles. The second-order valence-electron chi connectivity index (χ2n) is 9.07. The summed E-state index contributed by atoms with van der Waals surface area (Å²) >= 11 is 0. The van der Waals surface area contributed by atoms with E-state index in [1.54, 1.807) is 31.2 Å². The molecule has 2 rings (SSSR count). The van der Waals surface area contributed by atoms with E-state index in [9.17, 15) is 18.0 Å². The van der Waals surface area contributed by atoms with Crippen LogP contribution in [0.5, 0.6) is 5.75 Å². The van der Waals surface area contributed by atoms with Crippen molar-refractivity contribution in [2.45, 2.75) is 52.8 Å². The lowest BCUT2D eigenvalue weighted by Gasteiger charge is -2.36. The van der Waals surface area contributed by atoms with Gasteiger partial charge >= 0.3 is 6.03 Å². The molecular weight excluding hydrogens is 460 g/mol. The Hall–Kier alpha value is -2.53. The lowest BCUT2D eigenvalue weighted by atomic mass is 10.0.